The van der Waals surface area contributed by atoms with Crippen molar-refractivity contribution in [2.75, 3.05) is 4.90 Å². The van der Waals surface area contributed by atoms with Gasteiger partial charge in [0.15, 0.2) is 0 Å². The summed E-state index contributed by atoms with van der Waals surface area (Å²) in [6.45, 7) is 4.00. The van der Waals surface area contributed by atoms with Gasteiger partial charge in [-0.25, -0.2) is 4.99 Å². The Morgan fingerprint density at radius 3 is 2.27 bits per heavy atom. The van der Waals surface area contributed by atoms with Crippen LogP contribution in [-0.2, 0) is 0 Å². The Kier molecular flexibility index (Phi) is 3.77. The van der Waals surface area contributed by atoms with E-state index in [1.54, 1.807) is 0 Å². The molecule has 1 aromatic carbocycles. The Morgan fingerprint density at radius 1 is 1.09 bits per heavy atom. The Bertz CT molecular complexity index is 635. The molecule has 6 heteroatoms. The first-order valence-electron chi connectivity index (χ1n) is 7.69. The van der Waals surface area contributed by atoms with Gasteiger partial charge in [0.05, 0.1) is 0 Å². The first-order chi connectivity index (χ1) is 10.4. The highest BCUT2D eigenvalue weighted by atomic mass is 35.5. The molecule has 1 aliphatic heterocycles. The standard InChI is InChI=1S/C16H22ClN5/c1-10-8-12(9-11(2)13(10)17)22-15(19)20-14(18)21-16(22)6-4-3-5-7-16/h8-9H,3-7H2,1-2H3,(H4,18,19,20,21). The molecule has 0 saturated heterocycles. The molecule has 0 aromatic heterocycles. The molecule has 1 aliphatic carbocycles. The fraction of sp³-hybridized carbons (Fsp3) is 0.500. The van der Waals surface area contributed by atoms with Crippen LogP contribution in [0.3, 0.4) is 0 Å². The van der Waals surface area contributed by atoms with E-state index < -0.39 is 5.66 Å². The van der Waals surface area contributed by atoms with Gasteiger partial charge < -0.3 is 11.5 Å². The highest BCUT2D eigenvalue weighted by molar-refractivity contribution is 6.32. The van der Waals surface area contributed by atoms with Crippen LogP contribution >= 0.6 is 11.6 Å². The molecule has 0 unspecified atom stereocenters. The molecule has 1 aromatic rings. The van der Waals surface area contributed by atoms with E-state index in [0.29, 0.717) is 5.96 Å². The van der Waals surface area contributed by atoms with Crippen LogP contribution in [0.1, 0.15) is 43.2 Å². The molecule has 1 saturated carbocycles. The number of rotatable bonds is 1. The molecule has 0 amide bonds. The normalized spacial score (nSPS) is 20.8. The molecule has 1 spiro atoms. The van der Waals surface area contributed by atoms with Crippen molar-refractivity contribution in [2.24, 2.45) is 21.5 Å². The summed E-state index contributed by atoms with van der Waals surface area (Å²) in [5.41, 5.74) is 14.8. The van der Waals surface area contributed by atoms with Crippen molar-refractivity contribution in [3.63, 3.8) is 0 Å². The van der Waals surface area contributed by atoms with Gasteiger partial charge in [0.2, 0.25) is 11.9 Å². The third kappa shape index (κ3) is 2.43. The number of aliphatic imine (C=N–C) groups is 2. The third-order valence-corrected chi connectivity index (χ3v) is 5.13. The fourth-order valence-corrected chi connectivity index (χ4v) is 3.66. The number of hydrogen-bond donors (Lipinski definition) is 2. The zero-order valence-electron chi connectivity index (χ0n) is 13.1. The van der Waals surface area contributed by atoms with Crippen molar-refractivity contribution in [2.45, 2.75) is 51.6 Å². The molecule has 5 nitrogen and oxygen atoms in total. The number of nitrogens with zero attached hydrogens (tertiary/aromatic N) is 3. The van der Waals surface area contributed by atoms with Crippen molar-refractivity contribution in [1.29, 1.82) is 0 Å². The van der Waals surface area contributed by atoms with Crippen LogP contribution in [0.25, 0.3) is 0 Å². The van der Waals surface area contributed by atoms with Gasteiger partial charge >= 0.3 is 0 Å². The largest absolute Gasteiger partial charge is 0.369 e. The molecule has 4 N–H and O–H groups in total. The number of benzene rings is 1. The van der Waals surface area contributed by atoms with E-state index in [9.17, 15) is 0 Å². The van der Waals surface area contributed by atoms with Gasteiger partial charge in [0, 0.05) is 10.7 Å². The van der Waals surface area contributed by atoms with Crippen LogP contribution in [0, 0.1) is 13.8 Å². The molecule has 3 rings (SSSR count). The lowest BCUT2D eigenvalue weighted by Gasteiger charge is -2.45. The summed E-state index contributed by atoms with van der Waals surface area (Å²) in [7, 11) is 0. The van der Waals surface area contributed by atoms with E-state index in [1.165, 1.54) is 6.42 Å². The topological polar surface area (TPSA) is 80.0 Å². The highest BCUT2D eigenvalue weighted by Gasteiger charge is 2.42. The molecular weight excluding hydrogens is 298 g/mol. The van der Waals surface area contributed by atoms with E-state index in [4.69, 9.17) is 23.1 Å². The monoisotopic (exact) mass is 319 g/mol. The van der Waals surface area contributed by atoms with E-state index in [0.717, 1.165) is 47.5 Å². The van der Waals surface area contributed by atoms with E-state index in [2.05, 4.69) is 9.98 Å². The maximum Gasteiger partial charge on any atom is 0.220 e. The lowest BCUT2D eigenvalue weighted by molar-refractivity contribution is 0.305. The molecule has 22 heavy (non-hydrogen) atoms. The summed E-state index contributed by atoms with van der Waals surface area (Å²) >= 11 is 6.30. The van der Waals surface area contributed by atoms with Gasteiger partial charge in [-0.2, -0.15) is 4.99 Å². The average Bonchev–Trinajstić information content (AvgIpc) is 2.44. The van der Waals surface area contributed by atoms with Crippen molar-refractivity contribution in [3.05, 3.63) is 28.3 Å². The van der Waals surface area contributed by atoms with Gasteiger partial charge in [-0.3, -0.25) is 4.90 Å². The second-order valence-corrected chi connectivity index (χ2v) is 6.59. The highest BCUT2D eigenvalue weighted by Crippen LogP contribution is 2.40. The van der Waals surface area contributed by atoms with E-state index in [1.807, 2.05) is 30.9 Å². The summed E-state index contributed by atoms with van der Waals surface area (Å²) in [6, 6.07) is 4.09. The Labute approximate surface area is 136 Å². The molecular formula is C16H22ClN5. The molecule has 2 aliphatic rings. The number of hydrogen-bond acceptors (Lipinski definition) is 5. The van der Waals surface area contributed by atoms with Crippen molar-refractivity contribution >= 4 is 29.2 Å². The number of aryl methyl sites for hydroxylation is 2. The first kappa shape index (κ1) is 15.2. The Morgan fingerprint density at radius 2 is 1.68 bits per heavy atom. The summed E-state index contributed by atoms with van der Waals surface area (Å²) in [5.74, 6) is 0.688. The van der Waals surface area contributed by atoms with Crippen molar-refractivity contribution in [3.8, 4) is 0 Å². The van der Waals surface area contributed by atoms with Crippen LogP contribution in [0.2, 0.25) is 5.02 Å². The quantitative estimate of drug-likeness (QED) is 0.834. The molecule has 1 fully saturated rings. The third-order valence-electron chi connectivity index (χ3n) is 4.53. The average molecular weight is 320 g/mol. The molecule has 0 bridgehead atoms. The van der Waals surface area contributed by atoms with Crippen LogP contribution in [-0.4, -0.2) is 17.6 Å². The van der Waals surface area contributed by atoms with Gasteiger partial charge in [-0.15, -0.1) is 0 Å². The van der Waals surface area contributed by atoms with Crippen LogP contribution in [0.5, 0.6) is 0 Å². The predicted molar refractivity (Wildman–Crippen MR) is 92.5 cm³/mol. The second-order valence-electron chi connectivity index (χ2n) is 6.21. The Hall–Kier alpha value is -1.75. The molecule has 1 heterocycles. The van der Waals surface area contributed by atoms with Crippen molar-refractivity contribution in [1.82, 2.24) is 0 Å². The number of nitrogens with two attached hydrogens (primary N) is 2. The fourth-order valence-electron chi connectivity index (χ4n) is 3.55. The summed E-state index contributed by atoms with van der Waals surface area (Å²) in [5, 5.41) is 0.789. The van der Waals surface area contributed by atoms with Crippen LogP contribution < -0.4 is 16.4 Å². The zero-order chi connectivity index (χ0) is 15.9. The molecule has 118 valence electrons. The SMILES string of the molecule is Cc1cc(N2C(N)=NC(N)=NC23CCCCC3)cc(C)c1Cl. The maximum absolute atomic E-state index is 6.30. The Balaban J connectivity index is 2.12. The summed E-state index contributed by atoms with van der Waals surface area (Å²) in [6.07, 6.45) is 5.33. The maximum atomic E-state index is 6.30. The first-order valence-corrected chi connectivity index (χ1v) is 8.07. The lowest BCUT2D eigenvalue weighted by Crippen LogP contribution is -2.58. The van der Waals surface area contributed by atoms with Crippen molar-refractivity contribution < 1.29 is 0 Å². The van der Waals surface area contributed by atoms with E-state index >= 15 is 0 Å². The number of anilines is 1. The van der Waals surface area contributed by atoms with E-state index in [-0.39, 0.29) is 5.96 Å². The second kappa shape index (κ2) is 5.47. The van der Waals surface area contributed by atoms with Gasteiger partial charge in [0.1, 0.15) is 5.66 Å². The van der Waals surface area contributed by atoms with Gasteiger partial charge in [-0.05, 0) is 62.8 Å². The van der Waals surface area contributed by atoms with Crippen LogP contribution in [0.4, 0.5) is 5.69 Å². The number of guanidine groups is 2. The molecule has 0 radical (unpaired) electrons. The smallest absolute Gasteiger partial charge is 0.220 e. The number of halogens is 1. The molecule has 0 atom stereocenters. The summed E-state index contributed by atoms with van der Waals surface area (Å²) in [4.78, 5) is 10.9. The zero-order valence-corrected chi connectivity index (χ0v) is 13.8. The minimum absolute atomic E-state index is 0.276. The van der Waals surface area contributed by atoms with Gasteiger partial charge in [0.25, 0.3) is 0 Å². The lowest BCUT2D eigenvalue weighted by atomic mass is 9.87. The van der Waals surface area contributed by atoms with Gasteiger partial charge in [-0.1, -0.05) is 18.0 Å². The minimum atomic E-state index is -0.402. The summed E-state index contributed by atoms with van der Waals surface area (Å²) < 4.78 is 0. The van der Waals surface area contributed by atoms with Crippen LogP contribution in [0.15, 0.2) is 22.1 Å². The minimum Gasteiger partial charge on any atom is -0.369 e. The predicted octanol–water partition coefficient (Wildman–Crippen LogP) is 3.07.